The molecule has 1 aliphatic carbocycles. The highest BCUT2D eigenvalue weighted by Gasteiger charge is 2.21. The second kappa shape index (κ2) is 6.67. The molecule has 0 bridgehead atoms. The monoisotopic (exact) mass is 240 g/mol. The Morgan fingerprint density at radius 1 is 1.35 bits per heavy atom. The van der Waals surface area contributed by atoms with Crippen molar-refractivity contribution in [1.82, 2.24) is 4.90 Å². The van der Waals surface area contributed by atoms with Crippen molar-refractivity contribution < 1.29 is 9.47 Å². The molecular formula is C13H24N2O2. The lowest BCUT2D eigenvalue weighted by Gasteiger charge is -2.25. The summed E-state index contributed by atoms with van der Waals surface area (Å²) in [6.07, 6.45) is 5.07. The van der Waals surface area contributed by atoms with E-state index in [-0.39, 0.29) is 6.10 Å². The third-order valence-corrected chi connectivity index (χ3v) is 2.84. The molecule has 1 rings (SSSR count). The van der Waals surface area contributed by atoms with Gasteiger partial charge in [0, 0.05) is 12.5 Å². The van der Waals surface area contributed by atoms with Crippen molar-refractivity contribution in [2.75, 3.05) is 34.4 Å². The van der Waals surface area contributed by atoms with Gasteiger partial charge in [0.15, 0.2) is 0 Å². The molecule has 4 heteroatoms. The Bertz CT molecular complexity index is 298. The summed E-state index contributed by atoms with van der Waals surface area (Å²) in [6, 6.07) is 0. The number of nitrogens with two attached hydrogens (primary N) is 1. The molecule has 0 saturated carbocycles. The van der Waals surface area contributed by atoms with Gasteiger partial charge in [-0.15, -0.1) is 0 Å². The van der Waals surface area contributed by atoms with Crippen molar-refractivity contribution >= 4 is 0 Å². The molecule has 2 atom stereocenters. The minimum atomic E-state index is 0.0689. The molecule has 4 nitrogen and oxygen atoms in total. The van der Waals surface area contributed by atoms with Crippen LogP contribution in [-0.2, 0) is 9.47 Å². The highest BCUT2D eigenvalue weighted by molar-refractivity contribution is 5.29. The molecule has 0 aromatic rings. The minimum absolute atomic E-state index is 0.0689. The lowest BCUT2D eigenvalue weighted by Crippen LogP contribution is -2.26. The number of hydrogen-bond donors (Lipinski definition) is 1. The third kappa shape index (κ3) is 4.40. The van der Waals surface area contributed by atoms with Crippen molar-refractivity contribution in [2.24, 2.45) is 11.7 Å². The fourth-order valence-electron chi connectivity index (χ4n) is 1.84. The number of hydrogen-bond acceptors (Lipinski definition) is 4. The first-order valence-electron chi connectivity index (χ1n) is 6.04. The van der Waals surface area contributed by atoms with Gasteiger partial charge in [0.25, 0.3) is 0 Å². The third-order valence-electron chi connectivity index (χ3n) is 2.84. The molecule has 0 spiro atoms. The molecule has 0 heterocycles. The zero-order valence-corrected chi connectivity index (χ0v) is 11.3. The average molecular weight is 240 g/mol. The maximum absolute atomic E-state index is 5.84. The van der Waals surface area contributed by atoms with Crippen LogP contribution in [0.3, 0.4) is 0 Å². The van der Waals surface area contributed by atoms with Gasteiger partial charge in [0.2, 0.25) is 0 Å². The van der Waals surface area contributed by atoms with Gasteiger partial charge in [-0.3, -0.25) is 0 Å². The summed E-state index contributed by atoms with van der Waals surface area (Å²) in [5.41, 5.74) is 6.54. The van der Waals surface area contributed by atoms with Gasteiger partial charge in [-0.05, 0) is 33.1 Å². The summed E-state index contributed by atoms with van der Waals surface area (Å²) in [7, 11) is 5.76. The lowest BCUT2D eigenvalue weighted by atomic mass is 9.97. The van der Waals surface area contributed by atoms with E-state index in [0.717, 1.165) is 25.3 Å². The van der Waals surface area contributed by atoms with Crippen molar-refractivity contribution in [3.63, 3.8) is 0 Å². The second-order valence-electron chi connectivity index (χ2n) is 4.71. The smallest absolute Gasteiger partial charge is 0.140 e. The fraction of sp³-hybridized carbons (Fsp3) is 0.692. The highest BCUT2D eigenvalue weighted by Crippen LogP contribution is 2.22. The Kier molecular flexibility index (Phi) is 5.51. The van der Waals surface area contributed by atoms with E-state index in [2.05, 4.69) is 25.9 Å². The van der Waals surface area contributed by atoms with Crippen LogP contribution in [0.2, 0.25) is 0 Å². The van der Waals surface area contributed by atoms with Crippen LogP contribution < -0.4 is 5.73 Å². The van der Waals surface area contributed by atoms with E-state index in [1.54, 1.807) is 7.11 Å². The van der Waals surface area contributed by atoms with Gasteiger partial charge < -0.3 is 20.1 Å². The Morgan fingerprint density at radius 2 is 2.06 bits per heavy atom. The van der Waals surface area contributed by atoms with E-state index < -0.39 is 0 Å². The van der Waals surface area contributed by atoms with Crippen LogP contribution in [0.5, 0.6) is 0 Å². The van der Waals surface area contributed by atoms with Crippen LogP contribution in [0.25, 0.3) is 0 Å². The molecule has 98 valence electrons. The Balaban J connectivity index is 2.41. The van der Waals surface area contributed by atoms with Crippen LogP contribution >= 0.6 is 0 Å². The van der Waals surface area contributed by atoms with Gasteiger partial charge in [-0.25, -0.2) is 0 Å². The van der Waals surface area contributed by atoms with E-state index >= 15 is 0 Å². The lowest BCUT2D eigenvalue weighted by molar-refractivity contribution is 0.0530. The van der Waals surface area contributed by atoms with E-state index in [1.165, 1.54) is 0 Å². The molecule has 0 aromatic heterocycles. The first-order chi connectivity index (χ1) is 8.04. The van der Waals surface area contributed by atoms with Gasteiger partial charge >= 0.3 is 0 Å². The highest BCUT2D eigenvalue weighted by atomic mass is 16.5. The molecule has 1 aliphatic rings. The van der Waals surface area contributed by atoms with Gasteiger partial charge in [-0.2, -0.15) is 0 Å². The van der Waals surface area contributed by atoms with Gasteiger partial charge in [0.05, 0.1) is 18.9 Å². The average Bonchev–Trinajstić information content (AvgIpc) is 2.26. The number of ether oxygens (including phenoxy) is 2. The molecule has 0 saturated heterocycles. The van der Waals surface area contributed by atoms with Crippen LogP contribution in [0.1, 0.15) is 13.3 Å². The summed E-state index contributed by atoms with van der Waals surface area (Å²) < 4.78 is 11.0. The second-order valence-corrected chi connectivity index (χ2v) is 4.71. The quantitative estimate of drug-likeness (QED) is 0.712. The van der Waals surface area contributed by atoms with Crippen molar-refractivity contribution in [1.29, 1.82) is 0 Å². The number of nitrogens with zero attached hydrogens (tertiary/aromatic N) is 1. The zero-order chi connectivity index (χ0) is 12.8. The van der Waals surface area contributed by atoms with Gasteiger partial charge in [-0.1, -0.05) is 13.0 Å². The first-order valence-corrected chi connectivity index (χ1v) is 6.04. The SMILES string of the molecule is COC1=CC(OCCCN(C)C)[C@@H](C)C=C1N. The molecule has 0 fully saturated rings. The first kappa shape index (κ1) is 14.1. The summed E-state index contributed by atoms with van der Waals surface area (Å²) in [6.45, 7) is 3.90. The zero-order valence-electron chi connectivity index (χ0n) is 11.3. The van der Waals surface area contributed by atoms with Crippen LogP contribution in [0, 0.1) is 5.92 Å². The maximum Gasteiger partial charge on any atom is 0.140 e. The van der Waals surface area contributed by atoms with Crippen LogP contribution in [-0.4, -0.2) is 45.4 Å². The number of methoxy groups -OCH3 is 1. The minimum Gasteiger partial charge on any atom is -0.495 e. The summed E-state index contributed by atoms with van der Waals surface area (Å²) >= 11 is 0. The molecule has 0 aliphatic heterocycles. The standard InChI is InChI=1S/C13H24N2O2/c1-10-8-11(14)13(16-4)9-12(10)17-7-5-6-15(2)3/h8-10,12H,5-7,14H2,1-4H3/t10-,12?/m0/s1. The topological polar surface area (TPSA) is 47.7 Å². The molecule has 0 amide bonds. The fourth-order valence-corrected chi connectivity index (χ4v) is 1.84. The molecule has 0 radical (unpaired) electrons. The van der Waals surface area contributed by atoms with Crippen LogP contribution in [0.15, 0.2) is 23.6 Å². The summed E-state index contributed by atoms with van der Waals surface area (Å²) in [5, 5.41) is 0. The van der Waals surface area contributed by atoms with Crippen molar-refractivity contribution in [3.05, 3.63) is 23.6 Å². The predicted octanol–water partition coefficient (Wildman–Crippen LogP) is 1.35. The molecular weight excluding hydrogens is 216 g/mol. The van der Waals surface area contributed by atoms with Crippen LogP contribution in [0.4, 0.5) is 0 Å². The van der Waals surface area contributed by atoms with E-state index in [4.69, 9.17) is 15.2 Å². The summed E-state index contributed by atoms with van der Waals surface area (Å²) in [4.78, 5) is 2.15. The van der Waals surface area contributed by atoms with Crippen molar-refractivity contribution in [2.45, 2.75) is 19.4 Å². The van der Waals surface area contributed by atoms with Crippen molar-refractivity contribution in [3.8, 4) is 0 Å². The van der Waals surface area contributed by atoms with E-state index in [1.807, 2.05) is 12.2 Å². The molecule has 1 unspecified atom stereocenters. The summed E-state index contributed by atoms with van der Waals surface area (Å²) in [5.74, 6) is 1.02. The molecule has 0 aromatic carbocycles. The predicted molar refractivity (Wildman–Crippen MR) is 69.4 cm³/mol. The Morgan fingerprint density at radius 3 is 2.65 bits per heavy atom. The Hall–Kier alpha value is -1.00. The van der Waals surface area contributed by atoms with Gasteiger partial charge in [0.1, 0.15) is 5.76 Å². The molecule has 17 heavy (non-hydrogen) atoms. The number of rotatable bonds is 6. The maximum atomic E-state index is 5.84. The largest absolute Gasteiger partial charge is 0.495 e. The van der Waals surface area contributed by atoms with E-state index in [0.29, 0.717) is 11.6 Å². The normalized spacial score (nSPS) is 24.5. The Labute approximate surface area is 104 Å². The van der Waals surface area contributed by atoms with E-state index in [9.17, 15) is 0 Å². The molecule has 2 N–H and O–H groups in total.